The standard InChI is InChI=1S/C23H27N5O3S2/c1-5-16-10-6-7-11-17(16)24-20(29)14-28(3)21(30)15(2)32-23-27-26-22(33-23)25-18-12-8-9-13-19(18)31-4/h6-13,15H,5,14H2,1-4H3,(H,24,29)(H,25,26)/t15-/m0/s1. The summed E-state index contributed by atoms with van der Waals surface area (Å²) in [7, 11) is 3.23. The molecule has 3 aromatic rings. The molecule has 8 nitrogen and oxygen atoms in total. The summed E-state index contributed by atoms with van der Waals surface area (Å²) in [6.07, 6.45) is 0.814. The number of hydrogen-bond donors (Lipinski definition) is 2. The predicted octanol–water partition coefficient (Wildman–Crippen LogP) is 4.43. The molecule has 0 bridgehead atoms. The van der Waals surface area contributed by atoms with Crippen molar-refractivity contribution in [1.29, 1.82) is 0 Å². The average Bonchev–Trinajstić information content (AvgIpc) is 3.25. The fourth-order valence-electron chi connectivity index (χ4n) is 3.12. The van der Waals surface area contributed by atoms with E-state index in [0.29, 0.717) is 15.2 Å². The molecule has 0 aliphatic carbocycles. The highest BCUT2D eigenvalue weighted by atomic mass is 32.2. The Kier molecular flexibility index (Phi) is 8.67. The Bertz CT molecular complexity index is 1100. The SMILES string of the molecule is CCc1ccccc1NC(=O)CN(C)C(=O)[C@H](C)Sc1nnc(Nc2ccccc2OC)s1. The highest BCUT2D eigenvalue weighted by Crippen LogP contribution is 2.33. The summed E-state index contributed by atoms with van der Waals surface area (Å²) in [5.41, 5.74) is 2.61. The summed E-state index contributed by atoms with van der Waals surface area (Å²) >= 11 is 2.66. The lowest BCUT2D eigenvalue weighted by molar-refractivity contribution is -0.132. The molecule has 2 amide bonds. The Morgan fingerprint density at radius 3 is 2.55 bits per heavy atom. The molecule has 0 fully saturated rings. The van der Waals surface area contributed by atoms with Crippen LogP contribution in [0.15, 0.2) is 52.9 Å². The molecule has 3 rings (SSSR count). The first-order valence-corrected chi connectivity index (χ1v) is 12.1. The van der Waals surface area contributed by atoms with Crippen molar-refractivity contribution in [3.05, 3.63) is 54.1 Å². The number of benzene rings is 2. The van der Waals surface area contributed by atoms with Crippen molar-refractivity contribution in [2.24, 2.45) is 0 Å². The Labute approximate surface area is 201 Å². The van der Waals surface area contributed by atoms with E-state index in [1.54, 1.807) is 21.1 Å². The zero-order chi connectivity index (χ0) is 23.8. The van der Waals surface area contributed by atoms with E-state index in [1.165, 1.54) is 28.0 Å². The van der Waals surface area contributed by atoms with Gasteiger partial charge in [-0.3, -0.25) is 9.59 Å². The first kappa shape index (κ1) is 24.5. The number of anilines is 3. The highest BCUT2D eigenvalue weighted by Gasteiger charge is 2.22. The minimum atomic E-state index is -0.419. The second-order valence-corrected chi connectivity index (χ2v) is 9.78. The number of aromatic nitrogens is 2. The fourth-order valence-corrected chi connectivity index (χ4v) is 5.14. The van der Waals surface area contributed by atoms with Crippen molar-refractivity contribution in [1.82, 2.24) is 15.1 Å². The number of methoxy groups -OCH3 is 1. The number of likely N-dealkylation sites (N-methyl/N-ethyl adjacent to an activating group) is 1. The molecular formula is C23H27N5O3S2. The molecule has 1 aromatic heterocycles. The molecule has 10 heteroatoms. The Morgan fingerprint density at radius 2 is 1.82 bits per heavy atom. The molecule has 0 aliphatic heterocycles. The number of hydrogen-bond acceptors (Lipinski definition) is 8. The zero-order valence-electron chi connectivity index (χ0n) is 19.0. The molecule has 174 valence electrons. The van der Waals surface area contributed by atoms with Crippen molar-refractivity contribution in [2.45, 2.75) is 29.9 Å². The van der Waals surface area contributed by atoms with Crippen LogP contribution in [0.4, 0.5) is 16.5 Å². The first-order valence-electron chi connectivity index (χ1n) is 10.4. The van der Waals surface area contributed by atoms with Crippen molar-refractivity contribution >= 4 is 51.4 Å². The molecule has 33 heavy (non-hydrogen) atoms. The van der Waals surface area contributed by atoms with E-state index in [1.807, 2.05) is 55.5 Å². The summed E-state index contributed by atoms with van der Waals surface area (Å²) in [6, 6.07) is 15.2. The van der Waals surface area contributed by atoms with E-state index in [9.17, 15) is 9.59 Å². The van der Waals surface area contributed by atoms with Gasteiger partial charge in [-0.15, -0.1) is 10.2 Å². The molecule has 2 aromatic carbocycles. The molecule has 1 atom stereocenters. The minimum absolute atomic E-state index is 0.0293. The topological polar surface area (TPSA) is 96.5 Å². The number of nitrogens with zero attached hydrogens (tertiary/aromatic N) is 3. The smallest absolute Gasteiger partial charge is 0.243 e. The predicted molar refractivity (Wildman–Crippen MR) is 134 cm³/mol. The van der Waals surface area contributed by atoms with E-state index >= 15 is 0 Å². The lowest BCUT2D eigenvalue weighted by Gasteiger charge is -2.20. The van der Waals surface area contributed by atoms with Crippen LogP contribution in [0, 0.1) is 0 Å². The molecule has 0 spiro atoms. The van der Waals surface area contributed by atoms with Gasteiger partial charge in [0.2, 0.25) is 16.9 Å². The van der Waals surface area contributed by atoms with Crippen LogP contribution >= 0.6 is 23.1 Å². The number of para-hydroxylation sites is 3. The van der Waals surface area contributed by atoms with Gasteiger partial charge in [0.05, 0.1) is 24.6 Å². The normalized spacial score (nSPS) is 11.5. The van der Waals surface area contributed by atoms with Crippen LogP contribution in [0.2, 0.25) is 0 Å². The highest BCUT2D eigenvalue weighted by molar-refractivity contribution is 8.02. The van der Waals surface area contributed by atoms with Crippen molar-refractivity contribution < 1.29 is 14.3 Å². The lowest BCUT2D eigenvalue weighted by Crippen LogP contribution is -2.39. The number of ether oxygens (including phenoxy) is 1. The molecule has 2 N–H and O–H groups in total. The van der Waals surface area contributed by atoms with Gasteiger partial charge in [-0.25, -0.2) is 0 Å². The van der Waals surface area contributed by atoms with Crippen molar-refractivity contribution in [2.75, 3.05) is 31.3 Å². The van der Waals surface area contributed by atoms with E-state index in [0.717, 1.165) is 23.4 Å². The molecule has 1 heterocycles. The van der Waals surface area contributed by atoms with Gasteiger partial charge >= 0.3 is 0 Å². The van der Waals surface area contributed by atoms with Gasteiger partial charge in [0.15, 0.2) is 4.34 Å². The van der Waals surface area contributed by atoms with Crippen LogP contribution < -0.4 is 15.4 Å². The lowest BCUT2D eigenvalue weighted by atomic mass is 10.1. The summed E-state index contributed by atoms with van der Waals surface area (Å²) in [5.74, 6) is 0.309. The molecule has 0 saturated carbocycles. The third kappa shape index (κ3) is 6.69. The maximum absolute atomic E-state index is 12.8. The van der Waals surface area contributed by atoms with Gasteiger partial charge in [0, 0.05) is 12.7 Å². The number of thioether (sulfide) groups is 1. The monoisotopic (exact) mass is 485 g/mol. The third-order valence-electron chi connectivity index (χ3n) is 4.81. The maximum atomic E-state index is 12.8. The quantitative estimate of drug-likeness (QED) is 0.410. The summed E-state index contributed by atoms with van der Waals surface area (Å²) in [5, 5.41) is 14.6. The number of rotatable bonds is 10. The molecule has 0 aliphatic rings. The van der Waals surface area contributed by atoms with Gasteiger partial charge in [-0.05, 0) is 37.1 Å². The second kappa shape index (κ2) is 11.7. The number of carbonyl (C=O) groups is 2. The van der Waals surface area contributed by atoms with Crippen molar-refractivity contribution in [3.63, 3.8) is 0 Å². The summed E-state index contributed by atoms with van der Waals surface area (Å²) < 4.78 is 5.99. The third-order valence-corrected chi connectivity index (χ3v) is 6.82. The van der Waals surface area contributed by atoms with E-state index in [4.69, 9.17) is 4.74 Å². The van der Waals surface area contributed by atoms with Gasteiger partial charge in [-0.1, -0.05) is 60.4 Å². The number of amides is 2. The van der Waals surface area contributed by atoms with Gasteiger partial charge in [-0.2, -0.15) is 0 Å². The number of carbonyl (C=O) groups excluding carboxylic acids is 2. The van der Waals surface area contributed by atoms with Crippen LogP contribution in [0.1, 0.15) is 19.4 Å². The van der Waals surface area contributed by atoms with E-state index < -0.39 is 5.25 Å². The molecule has 0 unspecified atom stereocenters. The minimum Gasteiger partial charge on any atom is -0.495 e. The number of nitrogens with one attached hydrogen (secondary N) is 2. The van der Waals surface area contributed by atoms with Crippen LogP contribution in [0.3, 0.4) is 0 Å². The van der Waals surface area contributed by atoms with Crippen molar-refractivity contribution in [3.8, 4) is 5.75 Å². The fraction of sp³-hybridized carbons (Fsp3) is 0.304. The summed E-state index contributed by atoms with van der Waals surface area (Å²) in [6.45, 7) is 3.80. The maximum Gasteiger partial charge on any atom is 0.243 e. The van der Waals surface area contributed by atoms with Gasteiger partial charge in [0.25, 0.3) is 0 Å². The van der Waals surface area contributed by atoms with Crippen LogP contribution in [0.25, 0.3) is 0 Å². The Hall–Kier alpha value is -3.11. The Balaban J connectivity index is 1.54. The van der Waals surface area contributed by atoms with E-state index in [-0.39, 0.29) is 18.4 Å². The van der Waals surface area contributed by atoms with Gasteiger partial charge in [0.1, 0.15) is 5.75 Å². The zero-order valence-corrected chi connectivity index (χ0v) is 20.6. The second-order valence-electron chi connectivity index (χ2n) is 7.21. The number of aryl methyl sites for hydroxylation is 1. The molecule has 0 radical (unpaired) electrons. The summed E-state index contributed by atoms with van der Waals surface area (Å²) in [4.78, 5) is 26.7. The average molecular weight is 486 g/mol. The molecule has 0 saturated heterocycles. The largest absolute Gasteiger partial charge is 0.495 e. The first-order chi connectivity index (χ1) is 15.9. The molecular weight excluding hydrogens is 458 g/mol. The van der Waals surface area contributed by atoms with Crippen LogP contribution in [0.5, 0.6) is 5.75 Å². The Morgan fingerprint density at radius 1 is 1.12 bits per heavy atom. The van der Waals surface area contributed by atoms with Crippen LogP contribution in [-0.2, 0) is 16.0 Å². The van der Waals surface area contributed by atoms with Crippen LogP contribution in [-0.4, -0.2) is 52.9 Å². The van der Waals surface area contributed by atoms with E-state index in [2.05, 4.69) is 20.8 Å². The van der Waals surface area contributed by atoms with Gasteiger partial charge < -0.3 is 20.3 Å².